The summed E-state index contributed by atoms with van der Waals surface area (Å²) in [6.45, 7) is 7.73. The van der Waals surface area contributed by atoms with Gasteiger partial charge in [0.05, 0.1) is 5.69 Å². The summed E-state index contributed by atoms with van der Waals surface area (Å²) in [7, 11) is 2.16. The van der Waals surface area contributed by atoms with Crippen LogP contribution in [0.15, 0.2) is 66.7 Å². The normalized spacial score (nSPS) is 11.4. The Morgan fingerprint density at radius 3 is 2.28 bits per heavy atom. The summed E-state index contributed by atoms with van der Waals surface area (Å²) in [4.78, 5) is 2.34. The highest BCUT2D eigenvalue weighted by Crippen LogP contribution is 2.36. The van der Waals surface area contributed by atoms with Gasteiger partial charge in [-0.15, -0.1) is 0 Å². The Kier molecular flexibility index (Phi) is 8.55. The SMILES string of the molecule is CCCCCCN(C)CCOc1ccc(Cn2c(-c3ccc(O)cc3)c(C)c3cc(O)ccc32)cc1. The van der Waals surface area contributed by atoms with Crippen molar-refractivity contribution in [1.82, 2.24) is 9.47 Å². The number of hydrogen-bond donors (Lipinski definition) is 2. The zero-order valence-corrected chi connectivity index (χ0v) is 21.7. The predicted octanol–water partition coefficient (Wildman–Crippen LogP) is 6.97. The van der Waals surface area contributed by atoms with E-state index < -0.39 is 0 Å². The molecule has 0 amide bonds. The molecule has 0 bridgehead atoms. The maximum Gasteiger partial charge on any atom is 0.119 e. The van der Waals surface area contributed by atoms with Crippen LogP contribution in [0.5, 0.6) is 17.2 Å². The molecule has 0 unspecified atom stereocenters. The Labute approximate surface area is 214 Å². The van der Waals surface area contributed by atoms with E-state index in [1.165, 1.54) is 31.2 Å². The highest BCUT2D eigenvalue weighted by Gasteiger charge is 2.17. The molecule has 5 heteroatoms. The molecule has 0 saturated carbocycles. The van der Waals surface area contributed by atoms with Gasteiger partial charge in [-0.3, -0.25) is 0 Å². The minimum atomic E-state index is 0.245. The molecule has 0 fully saturated rings. The van der Waals surface area contributed by atoms with E-state index in [1.54, 1.807) is 18.2 Å². The molecule has 0 aliphatic rings. The van der Waals surface area contributed by atoms with E-state index in [0.29, 0.717) is 13.2 Å². The van der Waals surface area contributed by atoms with Crippen molar-refractivity contribution >= 4 is 10.9 Å². The highest BCUT2D eigenvalue weighted by atomic mass is 16.5. The molecule has 3 aromatic carbocycles. The number of ether oxygens (including phenoxy) is 1. The molecule has 2 N–H and O–H groups in total. The van der Waals surface area contributed by atoms with E-state index in [4.69, 9.17) is 4.74 Å². The van der Waals surface area contributed by atoms with Gasteiger partial charge in [0.25, 0.3) is 0 Å². The minimum Gasteiger partial charge on any atom is -0.508 e. The van der Waals surface area contributed by atoms with Crippen LogP contribution in [0.4, 0.5) is 0 Å². The summed E-state index contributed by atoms with van der Waals surface area (Å²) >= 11 is 0. The number of nitrogens with zero attached hydrogens (tertiary/aromatic N) is 2. The fraction of sp³-hybridized carbons (Fsp3) is 0.355. The largest absolute Gasteiger partial charge is 0.508 e. The summed E-state index contributed by atoms with van der Waals surface area (Å²) in [6, 6.07) is 21.1. The predicted molar refractivity (Wildman–Crippen MR) is 148 cm³/mol. The number of phenolic OH excluding ortho intramolecular Hbond substituents is 2. The summed E-state index contributed by atoms with van der Waals surface area (Å²) < 4.78 is 8.28. The van der Waals surface area contributed by atoms with Gasteiger partial charge in [0.1, 0.15) is 23.9 Å². The monoisotopic (exact) mass is 486 g/mol. The van der Waals surface area contributed by atoms with Crippen LogP contribution in [-0.2, 0) is 6.54 Å². The van der Waals surface area contributed by atoms with Crippen LogP contribution in [0.2, 0.25) is 0 Å². The van der Waals surface area contributed by atoms with Crippen LogP contribution < -0.4 is 4.74 Å². The second kappa shape index (κ2) is 12.0. The molecule has 0 aliphatic carbocycles. The molecule has 0 saturated heterocycles. The highest BCUT2D eigenvalue weighted by molar-refractivity contribution is 5.92. The van der Waals surface area contributed by atoms with Gasteiger partial charge in [-0.1, -0.05) is 38.3 Å². The van der Waals surface area contributed by atoms with Crippen LogP contribution in [0.25, 0.3) is 22.2 Å². The topological polar surface area (TPSA) is 57.9 Å². The van der Waals surface area contributed by atoms with E-state index in [0.717, 1.165) is 46.6 Å². The number of hydrogen-bond acceptors (Lipinski definition) is 4. The van der Waals surface area contributed by atoms with Crippen LogP contribution in [-0.4, -0.2) is 46.4 Å². The smallest absolute Gasteiger partial charge is 0.119 e. The van der Waals surface area contributed by atoms with Gasteiger partial charge in [-0.25, -0.2) is 0 Å². The van der Waals surface area contributed by atoms with Gasteiger partial charge in [0.15, 0.2) is 0 Å². The van der Waals surface area contributed by atoms with Crippen molar-refractivity contribution < 1.29 is 14.9 Å². The quantitative estimate of drug-likeness (QED) is 0.212. The molecule has 0 radical (unpaired) electrons. The number of aryl methyl sites for hydroxylation is 1. The molecule has 36 heavy (non-hydrogen) atoms. The molecule has 4 aromatic rings. The van der Waals surface area contributed by atoms with Gasteiger partial charge < -0.3 is 24.4 Å². The van der Waals surface area contributed by atoms with Crippen molar-refractivity contribution in [2.45, 2.75) is 46.1 Å². The van der Waals surface area contributed by atoms with Crippen LogP contribution in [0, 0.1) is 6.92 Å². The fourth-order valence-corrected chi connectivity index (χ4v) is 4.78. The lowest BCUT2D eigenvalue weighted by Crippen LogP contribution is -2.25. The Morgan fingerprint density at radius 1 is 0.833 bits per heavy atom. The number of aromatic nitrogens is 1. The number of unbranched alkanes of at least 4 members (excludes halogenated alkanes) is 3. The number of rotatable bonds is 12. The summed E-state index contributed by atoms with van der Waals surface area (Å²) in [5.74, 6) is 1.39. The minimum absolute atomic E-state index is 0.245. The maximum absolute atomic E-state index is 10.1. The standard InChI is InChI=1S/C31H38N2O3/c1-4-5-6-7-18-32(3)19-20-36-28-15-8-24(9-16-28)22-33-30-17-14-27(35)21-29(30)23(2)31(33)25-10-12-26(34)13-11-25/h8-17,21,34-35H,4-7,18-20,22H2,1-3H3. The molecule has 0 atom stereocenters. The molecular formula is C31H38N2O3. The zero-order valence-electron chi connectivity index (χ0n) is 21.7. The van der Waals surface area contributed by atoms with Crippen LogP contribution in [0.1, 0.15) is 43.7 Å². The lowest BCUT2D eigenvalue weighted by molar-refractivity contribution is 0.234. The lowest BCUT2D eigenvalue weighted by Gasteiger charge is -2.17. The number of likely N-dealkylation sites (N-methyl/N-ethyl adjacent to an activating group) is 1. The average Bonchev–Trinajstić information content (AvgIpc) is 3.14. The van der Waals surface area contributed by atoms with E-state index in [-0.39, 0.29) is 11.5 Å². The van der Waals surface area contributed by atoms with E-state index in [1.807, 2.05) is 36.4 Å². The van der Waals surface area contributed by atoms with Gasteiger partial charge in [-0.2, -0.15) is 0 Å². The lowest BCUT2D eigenvalue weighted by atomic mass is 10.1. The number of benzene rings is 3. The first-order chi connectivity index (χ1) is 17.5. The molecule has 5 nitrogen and oxygen atoms in total. The third-order valence-electron chi connectivity index (χ3n) is 6.84. The van der Waals surface area contributed by atoms with Gasteiger partial charge in [0, 0.05) is 24.0 Å². The summed E-state index contributed by atoms with van der Waals surface area (Å²) in [5.41, 5.74) is 5.44. The zero-order chi connectivity index (χ0) is 25.5. The van der Waals surface area contributed by atoms with Gasteiger partial charge >= 0.3 is 0 Å². The Bertz CT molecular complexity index is 1260. The Morgan fingerprint density at radius 2 is 1.56 bits per heavy atom. The van der Waals surface area contributed by atoms with E-state index >= 15 is 0 Å². The van der Waals surface area contributed by atoms with Gasteiger partial charge in [-0.05, 0) is 98.2 Å². The van der Waals surface area contributed by atoms with Crippen LogP contribution in [0.3, 0.4) is 0 Å². The molecule has 1 aromatic heterocycles. The van der Waals surface area contributed by atoms with Crippen molar-refractivity contribution in [3.8, 4) is 28.5 Å². The maximum atomic E-state index is 10.1. The summed E-state index contributed by atoms with van der Waals surface area (Å²) in [6.07, 6.45) is 5.13. The molecule has 4 rings (SSSR count). The second-order valence-corrected chi connectivity index (χ2v) is 9.66. The summed E-state index contributed by atoms with van der Waals surface area (Å²) in [5, 5.41) is 20.9. The molecule has 190 valence electrons. The first kappa shape index (κ1) is 25.6. The molecule has 0 spiro atoms. The third kappa shape index (κ3) is 6.21. The Balaban J connectivity index is 1.47. The van der Waals surface area contributed by atoms with E-state index in [9.17, 15) is 10.2 Å². The van der Waals surface area contributed by atoms with Crippen molar-refractivity contribution in [3.63, 3.8) is 0 Å². The van der Waals surface area contributed by atoms with Crippen molar-refractivity contribution in [3.05, 3.63) is 77.9 Å². The first-order valence-electron chi connectivity index (χ1n) is 13.0. The molecule has 1 heterocycles. The number of fused-ring (bicyclic) bond motifs is 1. The number of phenols is 2. The molecule has 0 aliphatic heterocycles. The van der Waals surface area contributed by atoms with Gasteiger partial charge in [0.2, 0.25) is 0 Å². The van der Waals surface area contributed by atoms with Crippen molar-refractivity contribution in [2.24, 2.45) is 0 Å². The third-order valence-corrected chi connectivity index (χ3v) is 6.84. The average molecular weight is 487 g/mol. The van der Waals surface area contributed by atoms with Crippen LogP contribution >= 0.6 is 0 Å². The van der Waals surface area contributed by atoms with E-state index in [2.05, 4.69) is 42.5 Å². The van der Waals surface area contributed by atoms with Crippen molar-refractivity contribution in [1.29, 1.82) is 0 Å². The second-order valence-electron chi connectivity index (χ2n) is 9.66. The fourth-order valence-electron chi connectivity index (χ4n) is 4.78. The molecular weight excluding hydrogens is 448 g/mol. The number of aromatic hydroxyl groups is 2. The Hall–Kier alpha value is -3.44. The van der Waals surface area contributed by atoms with Crippen molar-refractivity contribution in [2.75, 3.05) is 26.7 Å². The first-order valence-corrected chi connectivity index (χ1v) is 13.0.